The molecule has 0 aliphatic carbocycles. The van der Waals surface area contributed by atoms with E-state index in [2.05, 4.69) is 24.2 Å². The molecule has 0 saturated carbocycles. The first-order chi connectivity index (χ1) is 7.91. The van der Waals surface area contributed by atoms with Gasteiger partial charge in [-0.2, -0.15) is 0 Å². The number of rotatable bonds is 3. The highest BCUT2D eigenvalue weighted by atomic mass is 32.2. The Kier molecular flexibility index (Phi) is 5.31. The van der Waals surface area contributed by atoms with Gasteiger partial charge in [0.15, 0.2) is 5.17 Å². The van der Waals surface area contributed by atoms with Gasteiger partial charge in [0.05, 0.1) is 6.04 Å². The van der Waals surface area contributed by atoms with Crippen LogP contribution in [0.4, 0.5) is 0 Å². The number of hydrogen-bond donors (Lipinski definition) is 1. The van der Waals surface area contributed by atoms with Crippen LogP contribution < -0.4 is 5.32 Å². The van der Waals surface area contributed by atoms with Crippen LogP contribution in [0.5, 0.6) is 0 Å². The normalized spacial score (nSPS) is 22.0. The van der Waals surface area contributed by atoms with Crippen molar-refractivity contribution in [3.63, 3.8) is 0 Å². The van der Waals surface area contributed by atoms with Crippen molar-refractivity contribution in [1.82, 2.24) is 10.2 Å². The Morgan fingerprint density at radius 3 is 2.65 bits per heavy atom. The van der Waals surface area contributed by atoms with Gasteiger partial charge in [0.1, 0.15) is 6.04 Å². The minimum Gasteiger partial charge on any atom is -0.353 e. The second-order valence-corrected chi connectivity index (χ2v) is 6.07. The molecule has 4 nitrogen and oxygen atoms in total. The van der Waals surface area contributed by atoms with Crippen LogP contribution in [-0.4, -0.2) is 47.9 Å². The molecule has 1 amide bonds. The molecule has 1 aliphatic heterocycles. The van der Waals surface area contributed by atoms with Crippen LogP contribution in [0, 0.1) is 5.92 Å². The summed E-state index contributed by atoms with van der Waals surface area (Å²) >= 11 is 1.71. The summed E-state index contributed by atoms with van der Waals surface area (Å²) in [6.07, 6.45) is 1.13. The Labute approximate surface area is 108 Å². The van der Waals surface area contributed by atoms with Crippen molar-refractivity contribution in [2.45, 2.75) is 39.3 Å². The predicted octanol–water partition coefficient (Wildman–Crippen LogP) is 1.57. The molecule has 2 unspecified atom stereocenters. The van der Waals surface area contributed by atoms with E-state index < -0.39 is 0 Å². The largest absolute Gasteiger partial charge is 0.353 e. The number of carbonyl (C=O) groups is 1. The van der Waals surface area contributed by atoms with Gasteiger partial charge in [-0.05, 0) is 19.3 Å². The molecular weight excluding hydrogens is 234 g/mol. The van der Waals surface area contributed by atoms with E-state index in [1.54, 1.807) is 30.8 Å². The van der Waals surface area contributed by atoms with Crippen LogP contribution in [0.2, 0.25) is 0 Å². The summed E-state index contributed by atoms with van der Waals surface area (Å²) in [4.78, 5) is 18.0. The van der Waals surface area contributed by atoms with E-state index in [0.29, 0.717) is 12.0 Å². The van der Waals surface area contributed by atoms with Gasteiger partial charge in [-0.15, -0.1) is 0 Å². The van der Waals surface area contributed by atoms with Gasteiger partial charge < -0.3 is 10.2 Å². The zero-order chi connectivity index (χ0) is 13.0. The first kappa shape index (κ1) is 14.4. The monoisotopic (exact) mass is 257 g/mol. The molecule has 1 heterocycles. The number of nitrogens with one attached hydrogen (secondary N) is 1. The standard InChI is InChI=1S/C12H23N3OS/c1-8(2)10-6-7-17-12(14-10)13-9(3)11(16)15(4)5/h8-10H,6-7H2,1-5H3,(H,13,14). The fraction of sp³-hybridized carbons (Fsp3) is 0.833. The zero-order valence-corrected chi connectivity index (χ0v) is 12.2. The molecule has 0 saturated heterocycles. The van der Waals surface area contributed by atoms with Crippen molar-refractivity contribution in [2.75, 3.05) is 19.8 Å². The van der Waals surface area contributed by atoms with Gasteiger partial charge >= 0.3 is 0 Å². The Balaban J connectivity index is 2.59. The number of carbonyl (C=O) groups excluding carboxylic acids is 1. The number of thioether (sulfide) groups is 1. The van der Waals surface area contributed by atoms with Gasteiger partial charge in [0, 0.05) is 19.8 Å². The fourth-order valence-electron chi connectivity index (χ4n) is 1.72. The number of nitrogens with zero attached hydrogens (tertiary/aromatic N) is 2. The lowest BCUT2D eigenvalue weighted by molar-refractivity contribution is -0.130. The Bertz CT molecular complexity index is 302. The minimum absolute atomic E-state index is 0.0833. The molecule has 0 aromatic heterocycles. The van der Waals surface area contributed by atoms with Crippen molar-refractivity contribution < 1.29 is 4.79 Å². The van der Waals surface area contributed by atoms with Crippen molar-refractivity contribution >= 4 is 22.8 Å². The SMILES string of the molecule is CC(NC1=NC(C(C)C)CCS1)C(=O)N(C)C. The number of amides is 1. The summed E-state index contributed by atoms with van der Waals surface area (Å²) in [5.41, 5.74) is 0. The van der Waals surface area contributed by atoms with Gasteiger partial charge in [-0.25, -0.2) is 0 Å². The van der Waals surface area contributed by atoms with E-state index in [1.165, 1.54) is 0 Å². The van der Waals surface area contributed by atoms with E-state index in [0.717, 1.165) is 17.3 Å². The highest BCUT2D eigenvalue weighted by Gasteiger charge is 2.22. The summed E-state index contributed by atoms with van der Waals surface area (Å²) in [6, 6.07) is 0.183. The summed E-state index contributed by atoms with van der Waals surface area (Å²) in [5, 5.41) is 4.12. The smallest absolute Gasteiger partial charge is 0.244 e. The molecule has 0 aromatic carbocycles. The van der Waals surface area contributed by atoms with Gasteiger partial charge in [-0.1, -0.05) is 25.6 Å². The third-order valence-electron chi connectivity index (χ3n) is 2.86. The average molecular weight is 257 g/mol. The Morgan fingerprint density at radius 1 is 1.47 bits per heavy atom. The molecule has 2 atom stereocenters. The molecule has 17 heavy (non-hydrogen) atoms. The van der Waals surface area contributed by atoms with Crippen LogP contribution in [0.25, 0.3) is 0 Å². The molecule has 0 spiro atoms. The first-order valence-corrected chi connectivity index (χ1v) is 7.08. The predicted molar refractivity (Wildman–Crippen MR) is 74.4 cm³/mol. The van der Waals surface area contributed by atoms with Crippen molar-refractivity contribution in [3.05, 3.63) is 0 Å². The molecule has 0 aromatic rings. The van der Waals surface area contributed by atoms with E-state index in [4.69, 9.17) is 0 Å². The summed E-state index contributed by atoms with van der Waals surface area (Å²) in [6.45, 7) is 6.26. The number of aliphatic imine (C=N–C) groups is 1. The number of amidine groups is 1. The van der Waals surface area contributed by atoms with Crippen LogP contribution in [0.15, 0.2) is 4.99 Å². The Morgan fingerprint density at radius 2 is 2.12 bits per heavy atom. The highest BCUT2D eigenvalue weighted by Crippen LogP contribution is 2.21. The summed E-state index contributed by atoms with van der Waals surface area (Å²) < 4.78 is 0. The van der Waals surface area contributed by atoms with Crippen LogP contribution in [0.1, 0.15) is 27.2 Å². The lowest BCUT2D eigenvalue weighted by Gasteiger charge is -2.26. The van der Waals surface area contributed by atoms with Crippen molar-refractivity contribution in [3.8, 4) is 0 Å². The molecule has 1 aliphatic rings. The fourth-order valence-corrected chi connectivity index (χ4v) is 2.75. The van der Waals surface area contributed by atoms with E-state index in [1.807, 2.05) is 6.92 Å². The van der Waals surface area contributed by atoms with Crippen molar-refractivity contribution in [2.24, 2.45) is 10.9 Å². The van der Waals surface area contributed by atoms with Crippen molar-refractivity contribution in [1.29, 1.82) is 0 Å². The highest BCUT2D eigenvalue weighted by molar-refractivity contribution is 8.13. The van der Waals surface area contributed by atoms with E-state index in [-0.39, 0.29) is 11.9 Å². The topological polar surface area (TPSA) is 44.7 Å². The van der Waals surface area contributed by atoms with Crippen LogP contribution in [0.3, 0.4) is 0 Å². The minimum atomic E-state index is -0.206. The second kappa shape index (κ2) is 6.28. The first-order valence-electron chi connectivity index (χ1n) is 6.10. The molecular formula is C12H23N3OS. The third kappa shape index (κ3) is 4.22. The lowest BCUT2D eigenvalue weighted by Crippen LogP contribution is -2.44. The van der Waals surface area contributed by atoms with Gasteiger partial charge in [0.2, 0.25) is 5.91 Å². The quantitative estimate of drug-likeness (QED) is 0.834. The maximum Gasteiger partial charge on any atom is 0.244 e. The zero-order valence-electron chi connectivity index (χ0n) is 11.4. The van der Waals surface area contributed by atoms with Crippen LogP contribution >= 0.6 is 11.8 Å². The molecule has 0 radical (unpaired) electrons. The van der Waals surface area contributed by atoms with E-state index >= 15 is 0 Å². The number of likely N-dealkylation sites (N-methyl/N-ethyl adjacent to an activating group) is 1. The maximum atomic E-state index is 11.7. The lowest BCUT2D eigenvalue weighted by atomic mass is 10.0. The average Bonchev–Trinajstić information content (AvgIpc) is 2.28. The Hall–Kier alpha value is -0.710. The molecule has 5 heteroatoms. The summed E-state index contributed by atoms with van der Waals surface area (Å²) in [7, 11) is 3.54. The molecule has 0 bridgehead atoms. The molecule has 1 N–H and O–H groups in total. The maximum absolute atomic E-state index is 11.7. The second-order valence-electron chi connectivity index (χ2n) is 4.98. The molecule has 1 rings (SSSR count). The summed E-state index contributed by atoms with van der Waals surface area (Å²) in [5.74, 6) is 1.73. The van der Waals surface area contributed by atoms with Crippen LogP contribution in [-0.2, 0) is 4.79 Å². The number of hydrogen-bond acceptors (Lipinski definition) is 4. The van der Waals surface area contributed by atoms with Gasteiger partial charge in [0.25, 0.3) is 0 Å². The third-order valence-corrected chi connectivity index (χ3v) is 3.79. The van der Waals surface area contributed by atoms with E-state index in [9.17, 15) is 4.79 Å². The van der Waals surface area contributed by atoms with Gasteiger partial charge in [-0.3, -0.25) is 9.79 Å². The molecule has 98 valence electrons. The molecule has 0 fully saturated rings.